The van der Waals surface area contributed by atoms with E-state index in [1.54, 1.807) is 0 Å². The first-order valence-corrected chi connectivity index (χ1v) is 5.87. The van der Waals surface area contributed by atoms with Crippen molar-refractivity contribution in [3.63, 3.8) is 0 Å². The minimum Gasteiger partial charge on any atom is -0.355 e. The molecule has 6 heteroatoms. The van der Waals surface area contributed by atoms with Crippen LogP contribution in [-0.4, -0.2) is 37.5 Å². The maximum atomic E-state index is 11.6. The molecular weight excluding hydrogens is 242 g/mol. The number of hydrogen-bond donors (Lipinski definition) is 3. The van der Waals surface area contributed by atoms with E-state index in [2.05, 4.69) is 16.0 Å². The van der Waals surface area contributed by atoms with Gasteiger partial charge in [0.2, 0.25) is 11.8 Å². The number of rotatable bonds is 5. The summed E-state index contributed by atoms with van der Waals surface area (Å²) in [6.45, 7) is 5.92. The molecule has 0 aromatic rings. The summed E-state index contributed by atoms with van der Waals surface area (Å²) in [7, 11) is 0. The number of carbonyl (C=O) groups excluding carboxylic acids is 2. The summed E-state index contributed by atoms with van der Waals surface area (Å²) in [5.74, 6) is 0.121. The number of carbonyl (C=O) groups is 2. The van der Waals surface area contributed by atoms with Crippen molar-refractivity contribution in [3.8, 4) is 0 Å². The fraction of sp³-hybridized carbons (Fsp3) is 0.818. The van der Waals surface area contributed by atoms with Gasteiger partial charge < -0.3 is 16.0 Å². The van der Waals surface area contributed by atoms with Gasteiger partial charge in [0.25, 0.3) is 0 Å². The topological polar surface area (TPSA) is 70.2 Å². The van der Waals surface area contributed by atoms with Gasteiger partial charge >= 0.3 is 0 Å². The van der Waals surface area contributed by atoms with E-state index in [-0.39, 0.29) is 36.2 Å². The van der Waals surface area contributed by atoms with E-state index in [1.165, 1.54) is 0 Å². The van der Waals surface area contributed by atoms with Gasteiger partial charge in [0.05, 0.1) is 5.92 Å². The van der Waals surface area contributed by atoms with E-state index in [0.29, 0.717) is 13.0 Å². The van der Waals surface area contributed by atoms with Gasteiger partial charge in [-0.05, 0) is 26.8 Å². The molecule has 1 unspecified atom stereocenters. The fourth-order valence-corrected chi connectivity index (χ4v) is 1.72. The SMILES string of the molecule is CC(C)NC(=O)CCNC(=O)C1CCNC1.Cl. The molecule has 3 N–H and O–H groups in total. The molecule has 5 nitrogen and oxygen atoms in total. The van der Waals surface area contributed by atoms with Gasteiger partial charge in [-0.3, -0.25) is 9.59 Å². The zero-order chi connectivity index (χ0) is 12.0. The molecule has 0 bridgehead atoms. The second-order valence-corrected chi connectivity index (χ2v) is 4.45. The Hall–Kier alpha value is -0.810. The van der Waals surface area contributed by atoms with Crippen LogP contribution < -0.4 is 16.0 Å². The van der Waals surface area contributed by atoms with Crippen LogP contribution in [-0.2, 0) is 9.59 Å². The molecule has 17 heavy (non-hydrogen) atoms. The Morgan fingerprint density at radius 3 is 2.65 bits per heavy atom. The van der Waals surface area contributed by atoms with Crippen LogP contribution in [0.25, 0.3) is 0 Å². The van der Waals surface area contributed by atoms with Crippen molar-refractivity contribution >= 4 is 24.2 Å². The fourth-order valence-electron chi connectivity index (χ4n) is 1.72. The molecule has 1 rings (SSSR count). The lowest BCUT2D eigenvalue weighted by Crippen LogP contribution is -2.36. The lowest BCUT2D eigenvalue weighted by Gasteiger charge is -2.11. The predicted molar refractivity (Wildman–Crippen MR) is 69.1 cm³/mol. The van der Waals surface area contributed by atoms with Crippen molar-refractivity contribution in [2.24, 2.45) is 5.92 Å². The second kappa shape index (κ2) is 8.31. The smallest absolute Gasteiger partial charge is 0.224 e. The lowest BCUT2D eigenvalue weighted by atomic mass is 10.1. The molecule has 0 saturated carbocycles. The monoisotopic (exact) mass is 263 g/mol. The Morgan fingerprint density at radius 2 is 2.12 bits per heavy atom. The molecule has 1 heterocycles. The highest BCUT2D eigenvalue weighted by molar-refractivity contribution is 5.85. The maximum Gasteiger partial charge on any atom is 0.224 e. The minimum absolute atomic E-state index is 0. The van der Waals surface area contributed by atoms with E-state index in [9.17, 15) is 9.59 Å². The standard InChI is InChI=1S/C11H21N3O2.ClH/c1-8(2)14-10(15)4-6-13-11(16)9-3-5-12-7-9;/h8-9,12H,3-7H2,1-2H3,(H,13,16)(H,14,15);1H. The molecule has 1 atom stereocenters. The third-order valence-electron chi connectivity index (χ3n) is 2.53. The summed E-state index contributed by atoms with van der Waals surface area (Å²) in [6.07, 6.45) is 1.24. The van der Waals surface area contributed by atoms with Crippen LogP contribution in [0.2, 0.25) is 0 Å². The van der Waals surface area contributed by atoms with Gasteiger partial charge in [-0.2, -0.15) is 0 Å². The van der Waals surface area contributed by atoms with Crippen LogP contribution in [0.5, 0.6) is 0 Å². The predicted octanol–water partition coefficient (Wildman–Crippen LogP) is 0.0486. The van der Waals surface area contributed by atoms with Crippen molar-refractivity contribution < 1.29 is 9.59 Å². The minimum atomic E-state index is -0.0140. The van der Waals surface area contributed by atoms with Crippen LogP contribution >= 0.6 is 12.4 Å². The summed E-state index contributed by atoms with van der Waals surface area (Å²) in [5.41, 5.74) is 0. The van der Waals surface area contributed by atoms with E-state index in [4.69, 9.17) is 0 Å². The van der Waals surface area contributed by atoms with Crippen LogP contribution in [0.15, 0.2) is 0 Å². The van der Waals surface area contributed by atoms with Crippen LogP contribution in [0, 0.1) is 5.92 Å². The Bertz CT molecular complexity index is 253. The van der Waals surface area contributed by atoms with Gasteiger partial charge in [-0.15, -0.1) is 12.4 Å². The highest BCUT2D eigenvalue weighted by Crippen LogP contribution is 2.06. The van der Waals surface area contributed by atoms with Gasteiger partial charge in [0.1, 0.15) is 0 Å². The number of hydrogen-bond acceptors (Lipinski definition) is 3. The largest absolute Gasteiger partial charge is 0.355 e. The highest BCUT2D eigenvalue weighted by Gasteiger charge is 2.21. The Labute approximate surface area is 109 Å². The number of amides is 2. The summed E-state index contributed by atoms with van der Waals surface area (Å²) in [5, 5.41) is 8.71. The highest BCUT2D eigenvalue weighted by atomic mass is 35.5. The van der Waals surface area contributed by atoms with Crippen molar-refractivity contribution in [3.05, 3.63) is 0 Å². The molecule has 0 spiro atoms. The molecule has 0 aromatic carbocycles. The Balaban J connectivity index is 0.00000256. The lowest BCUT2D eigenvalue weighted by molar-refractivity contribution is -0.124. The summed E-state index contributed by atoms with van der Waals surface area (Å²) >= 11 is 0. The van der Waals surface area contributed by atoms with E-state index in [1.807, 2.05) is 13.8 Å². The summed E-state index contributed by atoms with van der Waals surface area (Å²) in [4.78, 5) is 22.8. The van der Waals surface area contributed by atoms with Crippen LogP contribution in [0.4, 0.5) is 0 Å². The number of halogens is 1. The molecular formula is C11H22ClN3O2. The van der Waals surface area contributed by atoms with E-state index >= 15 is 0 Å². The maximum absolute atomic E-state index is 11.6. The average molecular weight is 264 g/mol. The molecule has 100 valence electrons. The molecule has 0 aromatic heterocycles. The molecule has 1 saturated heterocycles. The van der Waals surface area contributed by atoms with Crippen molar-refractivity contribution in [1.82, 2.24) is 16.0 Å². The molecule has 1 aliphatic rings. The molecule has 1 fully saturated rings. The van der Waals surface area contributed by atoms with Gasteiger partial charge in [0, 0.05) is 25.6 Å². The van der Waals surface area contributed by atoms with Crippen LogP contribution in [0.1, 0.15) is 26.7 Å². The second-order valence-electron chi connectivity index (χ2n) is 4.45. The number of nitrogens with one attached hydrogen (secondary N) is 3. The molecule has 2 amide bonds. The van der Waals surface area contributed by atoms with Gasteiger partial charge in [-0.25, -0.2) is 0 Å². The first-order chi connectivity index (χ1) is 7.59. The molecule has 1 aliphatic heterocycles. The third-order valence-corrected chi connectivity index (χ3v) is 2.53. The quantitative estimate of drug-likeness (QED) is 0.656. The molecule has 0 aliphatic carbocycles. The van der Waals surface area contributed by atoms with E-state index in [0.717, 1.165) is 19.5 Å². The summed E-state index contributed by atoms with van der Waals surface area (Å²) in [6, 6.07) is 0.155. The van der Waals surface area contributed by atoms with Crippen molar-refractivity contribution in [2.45, 2.75) is 32.7 Å². The van der Waals surface area contributed by atoms with Gasteiger partial charge in [-0.1, -0.05) is 0 Å². The first-order valence-electron chi connectivity index (χ1n) is 5.87. The van der Waals surface area contributed by atoms with E-state index < -0.39 is 0 Å². The summed E-state index contributed by atoms with van der Waals surface area (Å²) < 4.78 is 0. The Morgan fingerprint density at radius 1 is 1.41 bits per heavy atom. The van der Waals surface area contributed by atoms with Crippen molar-refractivity contribution in [2.75, 3.05) is 19.6 Å². The average Bonchev–Trinajstić information content (AvgIpc) is 2.68. The zero-order valence-electron chi connectivity index (χ0n) is 10.4. The Kier molecular flexibility index (Phi) is 7.91. The zero-order valence-corrected chi connectivity index (χ0v) is 11.2. The van der Waals surface area contributed by atoms with Crippen LogP contribution in [0.3, 0.4) is 0 Å². The molecule has 0 radical (unpaired) electrons. The normalized spacial score (nSPS) is 18.6. The third kappa shape index (κ3) is 6.48. The van der Waals surface area contributed by atoms with Crippen molar-refractivity contribution in [1.29, 1.82) is 0 Å². The van der Waals surface area contributed by atoms with Gasteiger partial charge in [0.15, 0.2) is 0 Å². The first kappa shape index (κ1) is 16.2.